The summed E-state index contributed by atoms with van der Waals surface area (Å²) in [5.74, 6) is -2.69. The Balaban J connectivity index is 2.19. The van der Waals surface area contributed by atoms with Crippen molar-refractivity contribution < 1.29 is 29.0 Å². The Hall–Kier alpha value is -2.35. The average Bonchev–Trinajstić information content (AvgIpc) is 2.58. The van der Waals surface area contributed by atoms with Crippen LogP contribution < -0.4 is 5.32 Å². The number of cyclic esters (lactones) is 2. The van der Waals surface area contributed by atoms with Crippen LogP contribution in [-0.4, -0.2) is 55.6 Å². The van der Waals surface area contributed by atoms with Gasteiger partial charge in [0.25, 0.3) is 0 Å². The summed E-state index contributed by atoms with van der Waals surface area (Å²) in [5.41, 5.74) is 0.856. The van der Waals surface area contributed by atoms with Crippen LogP contribution in [0.5, 0.6) is 0 Å². The lowest BCUT2D eigenvalue weighted by atomic mass is 9.91. The highest BCUT2D eigenvalue weighted by Gasteiger charge is 2.38. The van der Waals surface area contributed by atoms with Crippen LogP contribution in [-0.2, 0) is 25.5 Å². The van der Waals surface area contributed by atoms with Gasteiger partial charge in [-0.25, -0.2) is 4.79 Å². The van der Waals surface area contributed by atoms with Crippen molar-refractivity contribution in [2.24, 2.45) is 5.92 Å². The van der Waals surface area contributed by atoms with E-state index in [1.165, 1.54) is 14.8 Å². The van der Waals surface area contributed by atoms with Gasteiger partial charge in [-0.3, -0.25) is 9.59 Å². The van der Waals surface area contributed by atoms with E-state index in [0.29, 0.717) is 0 Å². The molecule has 128 valence electrons. The van der Waals surface area contributed by atoms with Crippen molar-refractivity contribution in [3.63, 3.8) is 0 Å². The van der Waals surface area contributed by atoms with Gasteiger partial charge in [-0.2, -0.15) is 0 Å². The highest BCUT2D eigenvalue weighted by Crippen LogP contribution is 2.20. The molecule has 1 aliphatic rings. The molecule has 0 bridgehead atoms. The molecule has 0 radical (unpaired) electrons. The van der Waals surface area contributed by atoms with Gasteiger partial charge in [0.1, 0.15) is 18.8 Å². The Morgan fingerprint density at radius 1 is 1.29 bits per heavy atom. The predicted octanol–water partition coefficient (Wildman–Crippen LogP) is -0.594. The predicted molar refractivity (Wildman–Crippen MR) is 87.0 cm³/mol. The van der Waals surface area contributed by atoms with Crippen LogP contribution in [0.25, 0.3) is 0 Å². The minimum atomic E-state index is -1.21. The van der Waals surface area contributed by atoms with Crippen LogP contribution in [0.2, 0.25) is 0 Å². The molecule has 0 unspecified atom stereocenters. The van der Waals surface area contributed by atoms with E-state index < -0.39 is 41.9 Å². The van der Waals surface area contributed by atoms with Crippen molar-refractivity contribution in [1.29, 1.82) is 0 Å². The van der Waals surface area contributed by atoms with E-state index in [1.807, 2.05) is 30.3 Å². The fourth-order valence-electron chi connectivity index (χ4n) is 2.56. The smallest absolute Gasteiger partial charge is 0.332 e. The summed E-state index contributed by atoms with van der Waals surface area (Å²) < 4.78 is 10.3. The van der Waals surface area contributed by atoms with E-state index in [1.54, 1.807) is 0 Å². The number of hydrogen-bond acceptors (Lipinski definition) is 6. The Kier molecular flexibility index (Phi) is 5.97. The van der Waals surface area contributed by atoms with Gasteiger partial charge in [0.2, 0.25) is 7.85 Å². The third-order valence-corrected chi connectivity index (χ3v) is 3.85. The Bertz CT molecular complexity index is 608. The number of carbonyl (C=O) groups is 3. The molecule has 1 heterocycles. The zero-order valence-corrected chi connectivity index (χ0v) is 13.6. The van der Waals surface area contributed by atoms with Crippen LogP contribution in [0.4, 0.5) is 4.79 Å². The van der Waals surface area contributed by atoms with Crippen molar-refractivity contribution >= 4 is 25.6 Å². The number of ether oxygens (including phenoxy) is 2. The summed E-state index contributed by atoms with van der Waals surface area (Å²) in [7, 11) is 1.25. The Morgan fingerprint density at radius 2 is 1.96 bits per heavy atom. The summed E-state index contributed by atoms with van der Waals surface area (Å²) in [6.07, 6.45) is -1.86. The summed E-state index contributed by atoms with van der Waals surface area (Å²) in [6.45, 7) is 1.17. The fourth-order valence-corrected chi connectivity index (χ4v) is 2.56. The van der Waals surface area contributed by atoms with Crippen molar-refractivity contribution in [3.8, 4) is 0 Å². The number of rotatable bonds is 3. The second-order valence-corrected chi connectivity index (χ2v) is 5.81. The molecule has 4 atom stereocenters. The molecule has 1 aromatic rings. The van der Waals surface area contributed by atoms with Gasteiger partial charge >= 0.3 is 11.9 Å². The molecule has 24 heavy (non-hydrogen) atoms. The lowest BCUT2D eigenvalue weighted by molar-refractivity contribution is -0.159. The number of esters is 2. The van der Waals surface area contributed by atoms with E-state index in [0.717, 1.165) is 5.56 Å². The minimum absolute atomic E-state index is 0.257. The van der Waals surface area contributed by atoms with Crippen molar-refractivity contribution in [3.05, 3.63) is 35.9 Å². The van der Waals surface area contributed by atoms with E-state index in [9.17, 15) is 19.5 Å². The topological polar surface area (TPSA) is 102 Å². The average molecular weight is 333 g/mol. The standard InChI is InChI=1S/C16H20BNO6/c1-9-13(19)11(7-10-5-3-2-4-6-10)14(20)23-8-12(15(21)24-9)18-16(17)22/h2-6,9,11-13,19H,7-8,17H2,1H3,(H,18,22)/t9-,11+,12-,13-/m0/s1. The lowest BCUT2D eigenvalue weighted by Crippen LogP contribution is -2.45. The number of carbonyl (C=O) groups excluding carboxylic acids is 3. The van der Waals surface area contributed by atoms with Crippen molar-refractivity contribution in [1.82, 2.24) is 5.32 Å². The van der Waals surface area contributed by atoms with Gasteiger partial charge < -0.3 is 19.9 Å². The third-order valence-electron chi connectivity index (χ3n) is 3.85. The maximum Gasteiger partial charge on any atom is 0.332 e. The summed E-state index contributed by atoms with van der Waals surface area (Å²) in [4.78, 5) is 35.6. The third kappa shape index (κ3) is 4.58. The molecule has 1 saturated heterocycles. The van der Waals surface area contributed by atoms with Gasteiger partial charge in [0, 0.05) is 0 Å². The first-order valence-electron chi connectivity index (χ1n) is 7.74. The fraction of sp³-hybridized carbons (Fsp3) is 0.438. The largest absolute Gasteiger partial charge is 0.463 e. The molecule has 2 N–H and O–H groups in total. The quantitative estimate of drug-likeness (QED) is 0.566. The number of nitrogens with one attached hydrogen (secondary N) is 1. The highest BCUT2D eigenvalue weighted by molar-refractivity contribution is 6.57. The molecular weight excluding hydrogens is 313 g/mol. The maximum atomic E-state index is 12.4. The zero-order valence-electron chi connectivity index (χ0n) is 13.6. The normalized spacial score (nSPS) is 27.9. The van der Waals surface area contributed by atoms with Crippen molar-refractivity contribution in [2.75, 3.05) is 6.61 Å². The Morgan fingerprint density at radius 3 is 2.58 bits per heavy atom. The first-order valence-corrected chi connectivity index (χ1v) is 7.74. The molecule has 1 fully saturated rings. The molecule has 1 amide bonds. The highest BCUT2D eigenvalue weighted by atomic mass is 16.6. The molecule has 1 aromatic carbocycles. The second-order valence-electron chi connectivity index (χ2n) is 5.81. The number of hydrogen-bond donors (Lipinski definition) is 2. The van der Waals surface area contributed by atoms with Gasteiger partial charge in [0.05, 0.1) is 5.92 Å². The second kappa shape index (κ2) is 7.96. The summed E-state index contributed by atoms with van der Waals surface area (Å²) in [5, 5.41) is 12.8. The SMILES string of the molecule is BC(=O)N[C@H]1COC(=O)[C@H](Cc2ccccc2)[C@@H](O)[C@H](C)OC1=O. The molecule has 1 aliphatic heterocycles. The Labute approximate surface area is 140 Å². The summed E-state index contributed by atoms with van der Waals surface area (Å²) in [6, 6.07) is 8.10. The number of aliphatic hydroxyl groups is 1. The first-order chi connectivity index (χ1) is 11.4. The molecule has 0 aromatic heterocycles. The van der Waals surface area contributed by atoms with Crippen LogP contribution in [0.1, 0.15) is 12.5 Å². The molecule has 0 saturated carbocycles. The molecule has 0 spiro atoms. The van der Waals surface area contributed by atoms with E-state index >= 15 is 0 Å². The van der Waals surface area contributed by atoms with Crippen LogP contribution in [0.15, 0.2) is 30.3 Å². The lowest BCUT2D eigenvalue weighted by Gasteiger charge is -2.24. The zero-order chi connectivity index (χ0) is 17.7. The molecule has 0 aliphatic carbocycles. The van der Waals surface area contributed by atoms with E-state index in [-0.39, 0.29) is 13.0 Å². The maximum absolute atomic E-state index is 12.4. The van der Waals surface area contributed by atoms with E-state index in [2.05, 4.69) is 5.32 Å². The molecule has 7 nitrogen and oxygen atoms in total. The monoisotopic (exact) mass is 333 g/mol. The van der Waals surface area contributed by atoms with Gasteiger partial charge in [-0.15, -0.1) is 0 Å². The van der Waals surface area contributed by atoms with Crippen molar-refractivity contribution in [2.45, 2.75) is 31.6 Å². The van der Waals surface area contributed by atoms with Crippen LogP contribution >= 0.6 is 0 Å². The van der Waals surface area contributed by atoms with E-state index in [4.69, 9.17) is 9.47 Å². The number of aliphatic hydroxyl groups excluding tert-OH is 1. The van der Waals surface area contributed by atoms with Crippen LogP contribution in [0, 0.1) is 5.92 Å². The minimum Gasteiger partial charge on any atom is -0.463 e. The van der Waals surface area contributed by atoms with Crippen LogP contribution in [0.3, 0.4) is 0 Å². The summed E-state index contributed by atoms with van der Waals surface area (Å²) >= 11 is 0. The first kappa shape index (κ1) is 18.0. The molecular formula is C16H20BNO6. The van der Waals surface area contributed by atoms with Gasteiger partial charge in [-0.1, -0.05) is 30.3 Å². The van der Waals surface area contributed by atoms with Gasteiger partial charge in [0.15, 0.2) is 11.8 Å². The molecule has 8 heteroatoms. The number of benzene rings is 1. The molecule has 2 rings (SSSR count). The number of amides is 1. The van der Waals surface area contributed by atoms with Gasteiger partial charge in [-0.05, 0) is 18.9 Å².